The van der Waals surface area contributed by atoms with E-state index in [1.807, 2.05) is 32.0 Å². The van der Waals surface area contributed by atoms with E-state index in [1.165, 1.54) is 18.1 Å². The maximum absolute atomic E-state index is 12.5. The second kappa shape index (κ2) is 10.4. The molecule has 0 heterocycles. The van der Waals surface area contributed by atoms with Crippen molar-refractivity contribution < 1.29 is 28.7 Å². The van der Waals surface area contributed by atoms with Gasteiger partial charge in [0.15, 0.2) is 18.1 Å². The first-order chi connectivity index (χ1) is 14.7. The molecule has 31 heavy (non-hydrogen) atoms. The molecule has 0 aromatic heterocycles. The Kier molecular flexibility index (Phi) is 7.95. The van der Waals surface area contributed by atoms with E-state index in [0.717, 1.165) is 22.8 Å². The van der Waals surface area contributed by atoms with E-state index in [4.69, 9.17) is 14.2 Å². The van der Waals surface area contributed by atoms with Gasteiger partial charge in [-0.15, -0.1) is 0 Å². The predicted octanol–water partition coefficient (Wildman–Crippen LogP) is 3.43. The molecule has 2 aromatic carbocycles. The number of ether oxygens (including phenoxy) is 3. The van der Waals surface area contributed by atoms with Gasteiger partial charge in [0.05, 0.1) is 24.7 Å². The first kappa shape index (κ1) is 23.7. The Morgan fingerprint density at radius 2 is 1.84 bits per heavy atom. The molecule has 0 unspecified atom stereocenters. The molecule has 0 aliphatic carbocycles. The molecule has 0 atom stereocenters. The molecule has 0 N–H and O–H groups in total. The van der Waals surface area contributed by atoms with Gasteiger partial charge in [0, 0.05) is 19.7 Å². The summed E-state index contributed by atoms with van der Waals surface area (Å²) in [6, 6.07) is 8.20. The summed E-state index contributed by atoms with van der Waals surface area (Å²) in [6.07, 6.45) is 0. The van der Waals surface area contributed by atoms with Gasteiger partial charge in [-0.3, -0.25) is 14.9 Å². The van der Waals surface area contributed by atoms with Crippen LogP contribution < -0.4 is 9.47 Å². The van der Waals surface area contributed by atoms with Crippen LogP contribution in [-0.2, 0) is 16.1 Å². The molecular weight excluding hydrogens is 404 g/mol. The molecule has 0 radical (unpaired) electrons. The number of aryl methyl sites for hydroxylation is 2. The molecule has 0 bridgehead atoms. The van der Waals surface area contributed by atoms with Crippen LogP contribution in [0.1, 0.15) is 34.0 Å². The third-order valence-electron chi connectivity index (χ3n) is 4.66. The van der Waals surface area contributed by atoms with Crippen molar-refractivity contribution in [1.82, 2.24) is 4.90 Å². The van der Waals surface area contributed by atoms with Crippen LogP contribution in [-0.4, -0.2) is 49.1 Å². The summed E-state index contributed by atoms with van der Waals surface area (Å²) < 4.78 is 15.5. The van der Waals surface area contributed by atoms with Crippen LogP contribution in [0.2, 0.25) is 0 Å². The van der Waals surface area contributed by atoms with E-state index < -0.39 is 29.1 Å². The molecule has 9 nitrogen and oxygen atoms in total. The van der Waals surface area contributed by atoms with Crippen molar-refractivity contribution >= 4 is 17.6 Å². The van der Waals surface area contributed by atoms with Crippen molar-refractivity contribution in [3.05, 3.63) is 62.7 Å². The number of likely N-dealkylation sites (N-methyl/N-ethyl adjacent to an activating group) is 1. The second-order valence-corrected chi connectivity index (χ2v) is 6.97. The van der Waals surface area contributed by atoms with Gasteiger partial charge in [0.25, 0.3) is 11.6 Å². The highest BCUT2D eigenvalue weighted by Gasteiger charge is 2.26. The summed E-state index contributed by atoms with van der Waals surface area (Å²) in [5, 5.41) is 11.4. The maximum Gasteiger partial charge on any atom is 0.345 e. The standard InChI is InChI=1S/C22H26N2O7/c1-6-30-20-11-18(24(27)28)17(10-19(20)29-5)22(26)31-13-21(25)23(4)12-16-8-7-14(2)9-15(16)3/h7-11H,6,12-13H2,1-5H3. The Bertz CT molecular complexity index is 988. The Morgan fingerprint density at radius 1 is 1.13 bits per heavy atom. The molecule has 0 saturated heterocycles. The summed E-state index contributed by atoms with van der Waals surface area (Å²) in [7, 11) is 2.95. The number of hydrogen-bond acceptors (Lipinski definition) is 7. The lowest BCUT2D eigenvalue weighted by Gasteiger charge is -2.19. The summed E-state index contributed by atoms with van der Waals surface area (Å²) in [5.41, 5.74) is 2.32. The van der Waals surface area contributed by atoms with Crippen molar-refractivity contribution in [2.45, 2.75) is 27.3 Å². The number of esters is 1. The molecule has 2 aromatic rings. The van der Waals surface area contributed by atoms with Crippen molar-refractivity contribution in [3.8, 4) is 11.5 Å². The van der Waals surface area contributed by atoms with Crippen molar-refractivity contribution in [2.24, 2.45) is 0 Å². The fraction of sp³-hybridized carbons (Fsp3) is 0.364. The highest BCUT2D eigenvalue weighted by atomic mass is 16.6. The molecule has 9 heteroatoms. The number of benzene rings is 2. The van der Waals surface area contributed by atoms with Crippen LogP contribution in [0.3, 0.4) is 0 Å². The number of carbonyl (C=O) groups excluding carboxylic acids is 2. The Hall–Kier alpha value is -3.62. The molecule has 0 spiro atoms. The van der Waals surface area contributed by atoms with Crippen LogP contribution in [0.15, 0.2) is 30.3 Å². The minimum atomic E-state index is -0.999. The van der Waals surface area contributed by atoms with Gasteiger partial charge >= 0.3 is 5.97 Å². The quantitative estimate of drug-likeness (QED) is 0.341. The Balaban J connectivity index is 2.12. The van der Waals surface area contributed by atoms with E-state index in [-0.39, 0.29) is 23.7 Å². The lowest BCUT2D eigenvalue weighted by molar-refractivity contribution is -0.385. The van der Waals surface area contributed by atoms with Gasteiger partial charge in [-0.2, -0.15) is 0 Å². The summed E-state index contributed by atoms with van der Waals surface area (Å²) in [4.78, 5) is 37.0. The molecule has 1 amide bonds. The number of carbonyl (C=O) groups is 2. The summed E-state index contributed by atoms with van der Waals surface area (Å²) in [6.45, 7) is 5.72. The second-order valence-electron chi connectivity index (χ2n) is 6.97. The molecule has 0 aliphatic heterocycles. The van der Waals surface area contributed by atoms with Crippen LogP contribution in [0.5, 0.6) is 11.5 Å². The molecule has 0 saturated carbocycles. The summed E-state index contributed by atoms with van der Waals surface area (Å²) in [5.74, 6) is -1.15. The molecule has 166 valence electrons. The van der Waals surface area contributed by atoms with Gasteiger partial charge < -0.3 is 19.1 Å². The maximum atomic E-state index is 12.5. The lowest BCUT2D eigenvalue weighted by Crippen LogP contribution is -2.31. The highest BCUT2D eigenvalue weighted by molar-refractivity contribution is 5.96. The zero-order valence-electron chi connectivity index (χ0n) is 18.3. The fourth-order valence-corrected chi connectivity index (χ4v) is 2.97. The van der Waals surface area contributed by atoms with Crippen molar-refractivity contribution in [3.63, 3.8) is 0 Å². The number of nitro groups is 1. The molecule has 0 aliphatic rings. The van der Waals surface area contributed by atoms with E-state index in [9.17, 15) is 19.7 Å². The average Bonchev–Trinajstić information content (AvgIpc) is 2.73. The third-order valence-corrected chi connectivity index (χ3v) is 4.66. The smallest absolute Gasteiger partial charge is 0.345 e. The SMILES string of the molecule is CCOc1cc([N+](=O)[O-])c(C(=O)OCC(=O)N(C)Cc2ccc(C)cc2C)cc1OC. The highest BCUT2D eigenvalue weighted by Crippen LogP contribution is 2.35. The van der Waals surface area contributed by atoms with E-state index >= 15 is 0 Å². The van der Waals surface area contributed by atoms with Gasteiger partial charge in [-0.1, -0.05) is 23.8 Å². The number of hydrogen-bond donors (Lipinski definition) is 0. The first-order valence-corrected chi connectivity index (χ1v) is 9.64. The van der Waals surface area contributed by atoms with Crippen LogP contribution in [0.25, 0.3) is 0 Å². The van der Waals surface area contributed by atoms with Crippen LogP contribution in [0, 0.1) is 24.0 Å². The number of rotatable bonds is 9. The number of nitrogens with zero attached hydrogens (tertiary/aromatic N) is 2. The zero-order valence-corrected chi connectivity index (χ0v) is 18.3. The van der Waals surface area contributed by atoms with E-state index in [1.54, 1.807) is 14.0 Å². The predicted molar refractivity (Wildman–Crippen MR) is 113 cm³/mol. The minimum absolute atomic E-state index is 0.137. The monoisotopic (exact) mass is 430 g/mol. The Labute approximate surface area is 180 Å². The molecule has 2 rings (SSSR count). The van der Waals surface area contributed by atoms with Crippen LogP contribution in [0.4, 0.5) is 5.69 Å². The first-order valence-electron chi connectivity index (χ1n) is 9.64. The summed E-state index contributed by atoms with van der Waals surface area (Å²) >= 11 is 0. The normalized spacial score (nSPS) is 10.4. The molecular formula is C22H26N2O7. The van der Waals surface area contributed by atoms with E-state index in [0.29, 0.717) is 6.54 Å². The topological polar surface area (TPSA) is 108 Å². The molecule has 0 fully saturated rings. The minimum Gasteiger partial charge on any atom is -0.493 e. The van der Waals surface area contributed by atoms with Gasteiger partial charge in [0.2, 0.25) is 0 Å². The van der Waals surface area contributed by atoms with Gasteiger partial charge in [0.1, 0.15) is 5.56 Å². The fourth-order valence-electron chi connectivity index (χ4n) is 2.97. The number of amides is 1. The van der Waals surface area contributed by atoms with Crippen LogP contribution >= 0.6 is 0 Å². The largest absolute Gasteiger partial charge is 0.493 e. The number of methoxy groups -OCH3 is 1. The van der Waals surface area contributed by atoms with Crippen molar-refractivity contribution in [2.75, 3.05) is 27.4 Å². The van der Waals surface area contributed by atoms with E-state index in [2.05, 4.69) is 0 Å². The lowest BCUT2D eigenvalue weighted by atomic mass is 10.1. The number of nitro benzene ring substituents is 1. The average molecular weight is 430 g/mol. The third kappa shape index (κ3) is 5.94. The van der Waals surface area contributed by atoms with Gasteiger partial charge in [-0.05, 0) is 31.9 Å². The van der Waals surface area contributed by atoms with Gasteiger partial charge in [-0.25, -0.2) is 4.79 Å². The Morgan fingerprint density at radius 3 is 2.42 bits per heavy atom. The zero-order chi connectivity index (χ0) is 23.1. The van der Waals surface area contributed by atoms with Crippen molar-refractivity contribution in [1.29, 1.82) is 0 Å².